The number of hydrogen-bond donors (Lipinski definition) is 1. The second-order valence-electron chi connectivity index (χ2n) is 4.11. The van der Waals surface area contributed by atoms with Gasteiger partial charge in [0.25, 0.3) is 0 Å². The van der Waals surface area contributed by atoms with Crippen molar-refractivity contribution >= 4 is 0 Å². The van der Waals surface area contributed by atoms with Gasteiger partial charge >= 0.3 is 0 Å². The van der Waals surface area contributed by atoms with Crippen molar-refractivity contribution in [1.82, 2.24) is 5.32 Å². The summed E-state index contributed by atoms with van der Waals surface area (Å²) >= 11 is 0. The Hall–Kier alpha value is -0.120. The summed E-state index contributed by atoms with van der Waals surface area (Å²) in [5.74, 6) is 0. The molecule has 1 heterocycles. The van der Waals surface area contributed by atoms with Gasteiger partial charge in [0.05, 0.1) is 12.2 Å². The Morgan fingerprint density at radius 3 is 3.00 bits per heavy atom. The Bertz CT molecular complexity index is 133. The molecule has 3 nitrogen and oxygen atoms in total. The molecule has 1 N–H and O–H groups in total. The Labute approximate surface area is 87.2 Å². The Balaban J connectivity index is 1.79. The molecule has 14 heavy (non-hydrogen) atoms. The van der Waals surface area contributed by atoms with Crippen LogP contribution in [0.15, 0.2) is 0 Å². The van der Waals surface area contributed by atoms with Gasteiger partial charge in [0.1, 0.15) is 0 Å². The average molecular weight is 201 g/mol. The molecule has 1 unspecified atom stereocenters. The van der Waals surface area contributed by atoms with E-state index in [0.717, 1.165) is 32.7 Å². The number of nitrogens with one attached hydrogen (secondary N) is 1. The molecule has 1 saturated heterocycles. The minimum absolute atomic E-state index is 0.355. The van der Waals surface area contributed by atoms with E-state index in [4.69, 9.17) is 9.47 Å². The van der Waals surface area contributed by atoms with Crippen molar-refractivity contribution in [2.45, 2.75) is 45.3 Å². The third-order valence-electron chi connectivity index (χ3n) is 2.35. The Morgan fingerprint density at radius 1 is 1.50 bits per heavy atom. The van der Waals surface area contributed by atoms with Crippen LogP contribution in [0, 0.1) is 0 Å². The van der Waals surface area contributed by atoms with Gasteiger partial charge in [0, 0.05) is 19.8 Å². The van der Waals surface area contributed by atoms with Crippen LogP contribution in [-0.2, 0) is 9.47 Å². The highest BCUT2D eigenvalue weighted by Crippen LogP contribution is 2.10. The predicted molar refractivity (Wildman–Crippen MR) is 57.5 cm³/mol. The van der Waals surface area contributed by atoms with E-state index in [-0.39, 0.29) is 0 Å². The fraction of sp³-hybridized carbons (Fsp3) is 1.00. The lowest BCUT2D eigenvalue weighted by molar-refractivity contribution is 0.0752. The van der Waals surface area contributed by atoms with Crippen molar-refractivity contribution in [3.63, 3.8) is 0 Å². The molecule has 0 spiro atoms. The number of hydrogen-bond acceptors (Lipinski definition) is 3. The zero-order valence-electron chi connectivity index (χ0n) is 9.42. The van der Waals surface area contributed by atoms with E-state index in [2.05, 4.69) is 19.2 Å². The molecule has 0 saturated carbocycles. The van der Waals surface area contributed by atoms with Crippen molar-refractivity contribution in [3.05, 3.63) is 0 Å². The zero-order valence-corrected chi connectivity index (χ0v) is 9.42. The molecular weight excluding hydrogens is 178 g/mol. The monoisotopic (exact) mass is 201 g/mol. The minimum Gasteiger partial charge on any atom is -0.379 e. The van der Waals surface area contributed by atoms with Gasteiger partial charge in [-0.1, -0.05) is 0 Å². The third-order valence-corrected chi connectivity index (χ3v) is 2.35. The number of rotatable bonds is 7. The van der Waals surface area contributed by atoms with Crippen molar-refractivity contribution in [1.29, 1.82) is 0 Å². The van der Waals surface area contributed by atoms with Crippen molar-refractivity contribution in [2.75, 3.05) is 26.3 Å². The summed E-state index contributed by atoms with van der Waals surface area (Å²) in [6.07, 6.45) is 4.35. The molecule has 1 aliphatic heterocycles. The molecule has 0 bridgehead atoms. The summed E-state index contributed by atoms with van der Waals surface area (Å²) < 4.78 is 10.9. The predicted octanol–water partition coefficient (Wildman–Crippen LogP) is 1.57. The second kappa shape index (κ2) is 7.21. The van der Waals surface area contributed by atoms with Gasteiger partial charge in [-0.15, -0.1) is 0 Å². The molecule has 1 rings (SSSR count). The van der Waals surface area contributed by atoms with Gasteiger partial charge in [-0.05, 0) is 39.7 Å². The van der Waals surface area contributed by atoms with Gasteiger partial charge in [-0.3, -0.25) is 0 Å². The van der Waals surface area contributed by atoms with E-state index in [0.29, 0.717) is 12.2 Å². The van der Waals surface area contributed by atoms with Crippen LogP contribution in [0.3, 0.4) is 0 Å². The van der Waals surface area contributed by atoms with Gasteiger partial charge in [0.15, 0.2) is 0 Å². The van der Waals surface area contributed by atoms with Crippen LogP contribution in [0.4, 0.5) is 0 Å². The molecular formula is C11H23NO2. The Kier molecular flexibility index (Phi) is 6.15. The third kappa shape index (κ3) is 5.58. The number of ether oxygens (including phenoxy) is 2. The van der Waals surface area contributed by atoms with Gasteiger partial charge in [-0.2, -0.15) is 0 Å². The molecule has 0 aromatic heterocycles. The summed E-state index contributed by atoms with van der Waals surface area (Å²) in [5, 5.41) is 3.40. The van der Waals surface area contributed by atoms with E-state index in [1.165, 1.54) is 12.8 Å². The van der Waals surface area contributed by atoms with E-state index in [1.54, 1.807) is 0 Å². The highest BCUT2D eigenvalue weighted by atomic mass is 16.5. The first kappa shape index (κ1) is 12.0. The first-order chi connectivity index (χ1) is 6.79. The lowest BCUT2D eigenvalue weighted by Crippen LogP contribution is -2.27. The molecule has 84 valence electrons. The first-order valence-corrected chi connectivity index (χ1v) is 5.73. The summed E-state index contributed by atoms with van der Waals surface area (Å²) in [7, 11) is 0. The molecule has 0 aromatic carbocycles. The van der Waals surface area contributed by atoms with Crippen LogP contribution in [0.25, 0.3) is 0 Å². The maximum absolute atomic E-state index is 5.50. The first-order valence-electron chi connectivity index (χ1n) is 5.73. The lowest BCUT2D eigenvalue weighted by atomic mass is 10.2. The van der Waals surface area contributed by atoms with E-state index in [9.17, 15) is 0 Å². The summed E-state index contributed by atoms with van der Waals surface area (Å²) in [5.41, 5.74) is 0. The topological polar surface area (TPSA) is 30.5 Å². The lowest BCUT2D eigenvalue weighted by Gasteiger charge is -2.11. The summed E-state index contributed by atoms with van der Waals surface area (Å²) in [6, 6.07) is 0. The fourth-order valence-electron chi connectivity index (χ4n) is 1.58. The highest BCUT2D eigenvalue weighted by Gasteiger charge is 2.13. The normalized spacial score (nSPS) is 22.1. The SMILES string of the molecule is CC(C)OCCCNCC1CCCO1. The fourth-order valence-corrected chi connectivity index (χ4v) is 1.58. The molecule has 0 aromatic rings. The van der Waals surface area contributed by atoms with E-state index in [1.807, 2.05) is 0 Å². The van der Waals surface area contributed by atoms with Crippen molar-refractivity contribution < 1.29 is 9.47 Å². The van der Waals surface area contributed by atoms with Gasteiger partial charge in [-0.25, -0.2) is 0 Å². The van der Waals surface area contributed by atoms with Gasteiger partial charge in [0.2, 0.25) is 0 Å². The van der Waals surface area contributed by atoms with E-state index < -0.39 is 0 Å². The largest absolute Gasteiger partial charge is 0.379 e. The molecule has 0 aliphatic carbocycles. The summed E-state index contributed by atoms with van der Waals surface area (Å²) in [4.78, 5) is 0. The maximum Gasteiger partial charge on any atom is 0.0700 e. The zero-order chi connectivity index (χ0) is 10.2. The average Bonchev–Trinajstić information content (AvgIpc) is 2.63. The maximum atomic E-state index is 5.50. The van der Waals surface area contributed by atoms with Crippen molar-refractivity contribution in [2.24, 2.45) is 0 Å². The van der Waals surface area contributed by atoms with Crippen LogP contribution in [-0.4, -0.2) is 38.5 Å². The highest BCUT2D eigenvalue weighted by molar-refractivity contribution is 4.67. The molecule has 3 heteroatoms. The van der Waals surface area contributed by atoms with Gasteiger partial charge < -0.3 is 14.8 Å². The minimum atomic E-state index is 0.355. The molecule has 1 aliphatic rings. The van der Waals surface area contributed by atoms with E-state index >= 15 is 0 Å². The molecule has 1 atom stereocenters. The van der Waals surface area contributed by atoms with Crippen molar-refractivity contribution in [3.8, 4) is 0 Å². The molecule has 0 amide bonds. The second-order valence-corrected chi connectivity index (χ2v) is 4.11. The van der Waals surface area contributed by atoms with Crippen LogP contribution < -0.4 is 5.32 Å². The van der Waals surface area contributed by atoms with Crippen LogP contribution in [0.1, 0.15) is 33.1 Å². The van der Waals surface area contributed by atoms with Crippen LogP contribution in [0.2, 0.25) is 0 Å². The van der Waals surface area contributed by atoms with Crippen LogP contribution >= 0.6 is 0 Å². The molecule has 0 radical (unpaired) electrons. The Morgan fingerprint density at radius 2 is 2.36 bits per heavy atom. The molecule has 1 fully saturated rings. The smallest absolute Gasteiger partial charge is 0.0700 e. The standard InChI is InChI=1S/C11H23NO2/c1-10(2)13-8-4-6-12-9-11-5-3-7-14-11/h10-12H,3-9H2,1-2H3. The quantitative estimate of drug-likeness (QED) is 0.634. The van der Waals surface area contributed by atoms with Crippen LogP contribution in [0.5, 0.6) is 0 Å². The summed E-state index contributed by atoms with van der Waals surface area (Å²) in [6.45, 7) is 7.98.